The van der Waals surface area contributed by atoms with Gasteiger partial charge >= 0.3 is 0 Å². The van der Waals surface area contributed by atoms with Gasteiger partial charge in [0.15, 0.2) is 0 Å². The molecule has 0 amide bonds. The Morgan fingerprint density at radius 2 is 1.83 bits per heavy atom. The van der Waals surface area contributed by atoms with Gasteiger partial charge in [-0.25, -0.2) is 4.39 Å². The van der Waals surface area contributed by atoms with Gasteiger partial charge in [0, 0.05) is 0 Å². The topological polar surface area (TPSA) is 0 Å². The third-order valence-electron chi connectivity index (χ3n) is 3.43. The van der Waals surface area contributed by atoms with Crippen LogP contribution in [0.4, 0.5) is 4.39 Å². The van der Waals surface area contributed by atoms with Crippen molar-refractivity contribution in [2.45, 2.75) is 51.6 Å². The van der Waals surface area contributed by atoms with Crippen LogP contribution in [0.1, 0.15) is 46.0 Å². The molecule has 0 aromatic heterocycles. The summed E-state index contributed by atoms with van der Waals surface area (Å²) in [6, 6.07) is 0. The Bertz CT molecular complexity index is 160. The minimum absolute atomic E-state index is 0.242. The zero-order chi connectivity index (χ0) is 9.24. The molecular formula is C11H19F. The van der Waals surface area contributed by atoms with E-state index < -0.39 is 5.67 Å². The summed E-state index contributed by atoms with van der Waals surface area (Å²) in [6.07, 6.45) is 6.48. The van der Waals surface area contributed by atoms with E-state index in [1.165, 1.54) is 0 Å². The first-order valence-corrected chi connectivity index (χ1v) is 4.86. The van der Waals surface area contributed by atoms with Gasteiger partial charge in [0.05, 0.1) is 0 Å². The molecule has 0 aliphatic heterocycles. The molecule has 1 rings (SSSR count). The molecule has 0 spiro atoms. The molecule has 0 unspecified atom stereocenters. The van der Waals surface area contributed by atoms with Crippen LogP contribution in [0.3, 0.4) is 0 Å². The minimum Gasteiger partial charge on any atom is -0.244 e. The Morgan fingerprint density at radius 1 is 1.33 bits per heavy atom. The van der Waals surface area contributed by atoms with Crippen molar-refractivity contribution < 1.29 is 4.39 Å². The first kappa shape index (κ1) is 9.76. The van der Waals surface area contributed by atoms with Gasteiger partial charge in [-0.05, 0) is 44.4 Å². The quantitative estimate of drug-likeness (QED) is 0.552. The van der Waals surface area contributed by atoms with Gasteiger partial charge < -0.3 is 0 Å². The summed E-state index contributed by atoms with van der Waals surface area (Å²) in [7, 11) is 0. The number of hydrogen-bond donors (Lipinski definition) is 0. The summed E-state index contributed by atoms with van der Waals surface area (Å²) in [5.41, 5.74) is -0.673. The average molecular weight is 170 g/mol. The lowest BCUT2D eigenvalue weighted by Crippen LogP contribution is -2.32. The molecule has 0 nitrogen and oxygen atoms in total. The van der Waals surface area contributed by atoms with Gasteiger partial charge in [0.1, 0.15) is 5.67 Å². The van der Waals surface area contributed by atoms with Crippen LogP contribution in [0, 0.1) is 5.41 Å². The second-order valence-corrected chi connectivity index (χ2v) is 4.33. The maximum absolute atomic E-state index is 13.5. The molecule has 12 heavy (non-hydrogen) atoms. The highest BCUT2D eigenvalue weighted by molar-refractivity contribution is 4.99. The lowest BCUT2D eigenvalue weighted by atomic mass is 9.68. The van der Waals surface area contributed by atoms with Crippen molar-refractivity contribution in [3.8, 4) is 0 Å². The highest BCUT2D eigenvalue weighted by Crippen LogP contribution is 2.45. The van der Waals surface area contributed by atoms with Crippen molar-refractivity contribution in [2.75, 3.05) is 0 Å². The summed E-state index contributed by atoms with van der Waals surface area (Å²) in [6.45, 7) is 7.74. The van der Waals surface area contributed by atoms with Crippen LogP contribution in [0.5, 0.6) is 0 Å². The van der Waals surface area contributed by atoms with E-state index in [0.29, 0.717) is 12.8 Å². The van der Waals surface area contributed by atoms with Crippen molar-refractivity contribution in [1.29, 1.82) is 0 Å². The fraction of sp³-hybridized carbons (Fsp3) is 0.818. The highest BCUT2D eigenvalue weighted by Gasteiger charge is 2.37. The summed E-state index contributed by atoms with van der Waals surface area (Å²) < 4.78 is 13.5. The molecule has 0 radical (unpaired) electrons. The summed E-state index contributed by atoms with van der Waals surface area (Å²) >= 11 is 0. The lowest BCUT2D eigenvalue weighted by Gasteiger charge is -2.39. The Labute approximate surface area is 74.9 Å². The molecule has 1 saturated carbocycles. The van der Waals surface area contributed by atoms with E-state index in [2.05, 4.69) is 13.5 Å². The monoisotopic (exact) mass is 170 g/mol. The normalized spacial score (nSPS) is 42.6. The van der Waals surface area contributed by atoms with Crippen molar-refractivity contribution in [3.63, 3.8) is 0 Å². The molecule has 0 bridgehead atoms. The van der Waals surface area contributed by atoms with Crippen LogP contribution in [-0.2, 0) is 0 Å². The second-order valence-electron chi connectivity index (χ2n) is 4.33. The third kappa shape index (κ3) is 1.88. The Morgan fingerprint density at radius 3 is 2.17 bits per heavy atom. The number of halogens is 1. The van der Waals surface area contributed by atoms with Crippen LogP contribution in [0.15, 0.2) is 12.7 Å². The van der Waals surface area contributed by atoms with Crippen LogP contribution in [-0.4, -0.2) is 5.67 Å². The Kier molecular flexibility index (Phi) is 2.60. The van der Waals surface area contributed by atoms with E-state index >= 15 is 0 Å². The molecule has 0 heterocycles. The molecular weight excluding hydrogens is 151 g/mol. The van der Waals surface area contributed by atoms with Gasteiger partial charge in [-0.1, -0.05) is 13.0 Å². The molecule has 1 fully saturated rings. The van der Waals surface area contributed by atoms with E-state index in [-0.39, 0.29) is 5.41 Å². The maximum Gasteiger partial charge on any atom is 0.108 e. The smallest absolute Gasteiger partial charge is 0.108 e. The third-order valence-corrected chi connectivity index (χ3v) is 3.43. The minimum atomic E-state index is -0.915. The molecule has 1 aliphatic rings. The van der Waals surface area contributed by atoms with E-state index in [1.807, 2.05) is 6.08 Å². The Hall–Kier alpha value is -0.330. The SMILES string of the molecule is C=CC1(CC)CCC(C)(F)CC1. The zero-order valence-electron chi connectivity index (χ0n) is 8.20. The van der Waals surface area contributed by atoms with Crippen LogP contribution < -0.4 is 0 Å². The van der Waals surface area contributed by atoms with Gasteiger partial charge in [-0.2, -0.15) is 0 Å². The van der Waals surface area contributed by atoms with Crippen LogP contribution in [0.25, 0.3) is 0 Å². The van der Waals surface area contributed by atoms with Crippen molar-refractivity contribution in [3.05, 3.63) is 12.7 Å². The average Bonchev–Trinajstić information content (AvgIpc) is 2.06. The highest BCUT2D eigenvalue weighted by atomic mass is 19.1. The van der Waals surface area contributed by atoms with E-state index in [4.69, 9.17) is 0 Å². The summed E-state index contributed by atoms with van der Waals surface area (Å²) in [5, 5.41) is 0. The molecule has 1 heteroatoms. The van der Waals surface area contributed by atoms with Gasteiger partial charge in [-0.3, -0.25) is 0 Å². The molecule has 0 aromatic carbocycles. The molecule has 0 saturated heterocycles. The largest absolute Gasteiger partial charge is 0.244 e. The first-order valence-electron chi connectivity index (χ1n) is 4.86. The van der Waals surface area contributed by atoms with Crippen LogP contribution >= 0.6 is 0 Å². The van der Waals surface area contributed by atoms with Crippen molar-refractivity contribution >= 4 is 0 Å². The predicted octanol–water partition coefficient (Wildman–Crippen LogP) is 3.87. The number of hydrogen-bond acceptors (Lipinski definition) is 0. The maximum atomic E-state index is 13.5. The van der Waals surface area contributed by atoms with Crippen LogP contribution in [0.2, 0.25) is 0 Å². The number of rotatable bonds is 2. The fourth-order valence-electron chi connectivity index (χ4n) is 1.97. The van der Waals surface area contributed by atoms with Crippen molar-refractivity contribution in [2.24, 2.45) is 5.41 Å². The number of alkyl halides is 1. The lowest BCUT2D eigenvalue weighted by molar-refractivity contribution is 0.0739. The fourth-order valence-corrected chi connectivity index (χ4v) is 1.97. The van der Waals surface area contributed by atoms with Gasteiger partial charge in [-0.15, -0.1) is 6.58 Å². The van der Waals surface area contributed by atoms with E-state index in [9.17, 15) is 4.39 Å². The Balaban J connectivity index is 2.59. The van der Waals surface area contributed by atoms with Gasteiger partial charge in [0.2, 0.25) is 0 Å². The molecule has 70 valence electrons. The number of allylic oxidation sites excluding steroid dienone is 1. The molecule has 0 aromatic rings. The van der Waals surface area contributed by atoms with Crippen molar-refractivity contribution in [1.82, 2.24) is 0 Å². The molecule has 0 N–H and O–H groups in total. The first-order chi connectivity index (χ1) is 5.54. The van der Waals surface area contributed by atoms with Gasteiger partial charge in [0.25, 0.3) is 0 Å². The van der Waals surface area contributed by atoms with E-state index in [0.717, 1.165) is 19.3 Å². The van der Waals surface area contributed by atoms with E-state index in [1.54, 1.807) is 6.92 Å². The summed E-state index contributed by atoms with van der Waals surface area (Å²) in [5.74, 6) is 0. The zero-order valence-corrected chi connectivity index (χ0v) is 8.20. The molecule has 0 atom stereocenters. The molecule has 1 aliphatic carbocycles. The summed E-state index contributed by atoms with van der Waals surface area (Å²) in [4.78, 5) is 0. The second kappa shape index (κ2) is 3.20. The predicted molar refractivity (Wildman–Crippen MR) is 50.9 cm³/mol. The standard InChI is InChI=1S/C11H19F/c1-4-11(5-2)8-6-10(3,12)7-9-11/h4H,1,5-9H2,2-3H3.